The van der Waals surface area contributed by atoms with Crippen molar-refractivity contribution in [2.75, 3.05) is 18.6 Å². The van der Waals surface area contributed by atoms with Gasteiger partial charge >= 0.3 is 0 Å². The Kier molecular flexibility index (Phi) is 5.12. The van der Waals surface area contributed by atoms with Gasteiger partial charge in [-0.1, -0.05) is 6.07 Å². The van der Waals surface area contributed by atoms with Gasteiger partial charge in [-0.15, -0.1) is 0 Å². The molecule has 0 radical (unpaired) electrons. The Hall–Kier alpha value is -0.560. The van der Waals surface area contributed by atoms with Gasteiger partial charge in [-0.2, -0.15) is 11.8 Å². The summed E-state index contributed by atoms with van der Waals surface area (Å²) in [6.07, 6.45) is 0.915. The molecule has 2 N–H and O–H groups in total. The van der Waals surface area contributed by atoms with Gasteiger partial charge in [0.2, 0.25) is 10.0 Å². The van der Waals surface area contributed by atoms with Crippen LogP contribution in [0, 0.1) is 13.8 Å². The lowest BCUT2D eigenvalue weighted by Crippen LogP contribution is -2.35. The summed E-state index contributed by atoms with van der Waals surface area (Å²) in [5.41, 5.74) is 2.95. The summed E-state index contributed by atoms with van der Waals surface area (Å²) in [5.74, 6) is 1.90. The zero-order chi connectivity index (χ0) is 14.8. The maximum atomic E-state index is 12.5. The van der Waals surface area contributed by atoms with E-state index in [1.807, 2.05) is 27.0 Å². The third kappa shape index (κ3) is 3.55. The molecular formula is C14H22N2O2S2. The predicted molar refractivity (Wildman–Crippen MR) is 84.7 cm³/mol. The van der Waals surface area contributed by atoms with E-state index >= 15 is 0 Å². The lowest BCUT2D eigenvalue weighted by Gasteiger charge is -2.16. The molecule has 1 aromatic carbocycles. The number of hydrogen-bond acceptors (Lipinski definition) is 4. The fourth-order valence-electron chi connectivity index (χ4n) is 2.46. The first-order valence-electron chi connectivity index (χ1n) is 6.79. The minimum absolute atomic E-state index is 0.0680. The summed E-state index contributed by atoms with van der Waals surface area (Å²) >= 11 is 1.80. The number of hydrogen-bond donors (Lipinski definition) is 2. The Morgan fingerprint density at radius 2 is 2.05 bits per heavy atom. The molecule has 0 spiro atoms. The van der Waals surface area contributed by atoms with E-state index in [2.05, 4.69) is 10.0 Å². The molecule has 112 valence electrons. The van der Waals surface area contributed by atoms with Crippen LogP contribution in [0.5, 0.6) is 0 Å². The fourth-order valence-corrected chi connectivity index (χ4v) is 5.26. The van der Waals surface area contributed by atoms with E-state index in [1.165, 1.54) is 0 Å². The van der Waals surface area contributed by atoms with Gasteiger partial charge in [0.05, 0.1) is 4.90 Å². The zero-order valence-corrected chi connectivity index (χ0v) is 13.8. The van der Waals surface area contributed by atoms with Crippen molar-refractivity contribution in [1.82, 2.24) is 10.0 Å². The van der Waals surface area contributed by atoms with Gasteiger partial charge in [-0.25, -0.2) is 13.1 Å². The van der Waals surface area contributed by atoms with E-state index < -0.39 is 10.0 Å². The monoisotopic (exact) mass is 314 g/mol. The first kappa shape index (κ1) is 15.8. The number of nitrogens with one attached hydrogen (secondary N) is 2. The zero-order valence-electron chi connectivity index (χ0n) is 12.2. The van der Waals surface area contributed by atoms with E-state index in [-0.39, 0.29) is 6.04 Å². The number of thioether (sulfide) groups is 1. The molecule has 6 heteroatoms. The Balaban J connectivity index is 2.32. The highest BCUT2D eigenvalue weighted by Crippen LogP contribution is 2.23. The molecule has 0 saturated carbocycles. The smallest absolute Gasteiger partial charge is 0.241 e. The number of benzene rings is 1. The van der Waals surface area contributed by atoms with Crippen molar-refractivity contribution < 1.29 is 8.42 Å². The summed E-state index contributed by atoms with van der Waals surface area (Å²) in [6, 6.07) is 3.81. The van der Waals surface area contributed by atoms with Gasteiger partial charge in [0.15, 0.2) is 0 Å². The van der Waals surface area contributed by atoms with Gasteiger partial charge in [-0.3, -0.25) is 0 Å². The largest absolute Gasteiger partial charge is 0.316 e. The van der Waals surface area contributed by atoms with Gasteiger partial charge in [-0.05, 0) is 55.8 Å². The van der Waals surface area contributed by atoms with Crippen LogP contribution < -0.4 is 10.0 Å². The average Bonchev–Trinajstić information content (AvgIpc) is 2.84. The van der Waals surface area contributed by atoms with E-state index in [4.69, 9.17) is 0 Å². The highest BCUT2D eigenvalue weighted by Gasteiger charge is 2.25. The highest BCUT2D eigenvalue weighted by molar-refractivity contribution is 7.99. The summed E-state index contributed by atoms with van der Waals surface area (Å²) < 4.78 is 27.9. The Labute approximate surface area is 125 Å². The molecule has 1 aromatic rings. The minimum atomic E-state index is -3.42. The summed E-state index contributed by atoms with van der Waals surface area (Å²) in [6.45, 7) is 4.54. The van der Waals surface area contributed by atoms with Crippen LogP contribution in [0.3, 0.4) is 0 Å². The van der Waals surface area contributed by atoms with E-state index in [0.717, 1.165) is 34.6 Å². The molecule has 4 nitrogen and oxygen atoms in total. The molecule has 1 saturated heterocycles. The lowest BCUT2D eigenvalue weighted by atomic mass is 10.1. The van der Waals surface area contributed by atoms with Crippen LogP contribution in [0.2, 0.25) is 0 Å². The fraction of sp³-hybridized carbons (Fsp3) is 0.571. The van der Waals surface area contributed by atoms with E-state index in [9.17, 15) is 8.42 Å². The quantitative estimate of drug-likeness (QED) is 0.870. The molecule has 2 rings (SSSR count). The first-order valence-corrected chi connectivity index (χ1v) is 9.42. The first-order chi connectivity index (χ1) is 9.44. The molecule has 1 unspecified atom stereocenters. The topological polar surface area (TPSA) is 58.2 Å². The molecule has 20 heavy (non-hydrogen) atoms. The molecule has 1 aliphatic heterocycles. The Morgan fingerprint density at radius 3 is 2.65 bits per heavy atom. The molecule has 0 bridgehead atoms. The second-order valence-electron chi connectivity index (χ2n) is 5.26. The third-order valence-corrected chi connectivity index (χ3v) is 6.37. The van der Waals surface area contributed by atoms with Gasteiger partial charge in [0.1, 0.15) is 0 Å². The molecule has 0 aromatic heterocycles. The molecule has 1 aliphatic rings. The number of rotatable bonds is 5. The van der Waals surface area contributed by atoms with Crippen molar-refractivity contribution in [1.29, 1.82) is 0 Å². The molecule has 1 atom stereocenters. The molecule has 0 amide bonds. The van der Waals surface area contributed by atoms with Crippen LogP contribution in [-0.2, 0) is 16.6 Å². The van der Waals surface area contributed by atoms with Crippen LogP contribution >= 0.6 is 11.8 Å². The average molecular weight is 314 g/mol. The standard InChI is InChI=1S/C14H22N2O2S2/c1-10-6-11(2)14(7-12(10)8-15-3)20(17,18)16-13-4-5-19-9-13/h6-7,13,15-16H,4-5,8-9H2,1-3H3. The van der Waals surface area contributed by atoms with Crippen molar-refractivity contribution >= 4 is 21.8 Å². The van der Waals surface area contributed by atoms with Crippen molar-refractivity contribution in [3.05, 3.63) is 28.8 Å². The second kappa shape index (κ2) is 6.47. The Bertz CT molecular complexity index is 579. The minimum Gasteiger partial charge on any atom is -0.316 e. The maximum absolute atomic E-state index is 12.5. The van der Waals surface area contributed by atoms with Crippen molar-refractivity contribution in [3.63, 3.8) is 0 Å². The molecule has 1 fully saturated rings. The van der Waals surface area contributed by atoms with Gasteiger partial charge in [0, 0.05) is 18.3 Å². The Morgan fingerprint density at radius 1 is 1.30 bits per heavy atom. The van der Waals surface area contributed by atoms with Crippen LogP contribution in [-0.4, -0.2) is 33.0 Å². The SMILES string of the molecule is CNCc1cc(S(=O)(=O)NC2CCSC2)c(C)cc1C. The van der Waals surface area contributed by atoms with Crippen molar-refractivity contribution in [3.8, 4) is 0 Å². The summed E-state index contributed by atoms with van der Waals surface area (Å²) in [5, 5.41) is 3.08. The highest BCUT2D eigenvalue weighted by atomic mass is 32.2. The van der Waals surface area contributed by atoms with Gasteiger partial charge < -0.3 is 5.32 Å². The second-order valence-corrected chi connectivity index (χ2v) is 8.09. The normalized spacial score (nSPS) is 19.4. The van der Waals surface area contributed by atoms with Gasteiger partial charge in [0.25, 0.3) is 0 Å². The molecule has 0 aliphatic carbocycles. The van der Waals surface area contributed by atoms with E-state index in [1.54, 1.807) is 17.8 Å². The maximum Gasteiger partial charge on any atom is 0.241 e. The van der Waals surface area contributed by atoms with Crippen LogP contribution in [0.4, 0.5) is 0 Å². The van der Waals surface area contributed by atoms with Crippen LogP contribution in [0.25, 0.3) is 0 Å². The third-order valence-electron chi connectivity index (χ3n) is 3.54. The molecular weight excluding hydrogens is 292 g/mol. The van der Waals surface area contributed by atoms with E-state index in [0.29, 0.717) is 11.4 Å². The predicted octanol–water partition coefficient (Wildman–Crippen LogP) is 1.81. The molecule has 1 heterocycles. The van der Waals surface area contributed by atoms with Crippen molar-refractivity contribution in [2.45, 2.75) is 37.8 Å². The van der Waals surface area contributed by atoms with Crippen molar-refractivity contribution in [2.24, 2.45) is 0 Å². The lowest BCUT2D eigenvalue weighted by molar-refractivity contribution is 0.562. The van der Waals surface area contributed by atoms with Crippen LogP contribution in [0.15, 0.2) is 17.0 Å². The number of aryl methyl sites for hydroxylation is 2. The number of sulfonamides is 1. The summed E-state index contributed by atoms with van der Waals surface area (Å²) in [4.78, 5) is 0.408. The van der Waals surface area contributed by atoms with Crippen LogP contribution in [0.1, 0.15) is 23.1 Å². The summed E-state index contributed by atoms with van der Waals surface area (Å²) in [7, 11) is -1.56.